The Balaban J connectivity index is -0.000000867. The number of primary amides is 1. The van der Waals surface area contributed by atoms with E-state index in [1.54, 1.807) is 0 Å². The van der Waals surface area contributed by atoms with Crippen LogP contribution in [0, 0.1) is 0 Å². The minimum Gasteiger partial charge on any atom is -0.719 e. The fourth-order valence-electron chi connectivity index (χ4n) is 2.46. The first kappa shape index (κ1) is 29.8. The average molecular weight is 442 g/mol. The summed E-state index contributed by atoms with van der Waals surface area (Å²) < 4.78 is 0. The molecule has 2 N–H and O–H groups in total. The van der Waals surface area contributed by atoms with Crippen molar-refractivity contribution >= 4 is 35.7 Å². The van der Waals surface area contributed by atoms with Gasteiger partial charge in [0, 0.05) is 13.1 Å². The summed E-state index contributed by atoms with van der Waals surface area (Å²) in [5.74, 6) is 0. The fraction of sp³-hybridized carbons (Fsp3) is 0.889. The molecule has 25 heavy (non-hydrogen) atoms. The molecule has 0 aliphatic rings. The van der Waals surface area contributed by atoms with Gasteiger partial charge < -0.3 is 45.5 Å². The largest absolute Gasteiger partial charge is 2.00 e. The first-order chi connectivity index (χ1) is 11.5. The summed E-state index contributed by atoms with van der Waals surface area (Å²) in [6.07, 6.45) is 15.2. The molecule has 0 atom stereocenters. The van der Waals surface area contributed by atoms with Crippen LogP contribution < -0.4 is 5.73 Å². The summed E-state index contributed by atoms with van der Waals surface area (Å²) in [7, 11) is 0. The standard InChI is InChI=1S/C17H35NOS.CH3NOS.Zn/c1-3-5-7-9-11-13-15-18(17(19)20)16-14-12-10-8-6-4-2;2-1(3)4;/h3-16H2,1-2H3,(H,19,20);(H3,2,3,4);/q;;+2/p-2. The van der Waals surface area contributed by atoms with E-state index >= 15 is 0 Å². The van der Waals surface area contributed by atoms with Gasteiger partial charge in [-0.3, -0.25) is 0 Å². The van der Waals surface area contributed by atoms with Crippen molar-refractivity contribution in [1.82, 2.24) is 4.90 Å². The van der Waals surface area contributed by atoms with Crippen LogP contribution in [0.1, 0.15) is 90.9 Å². The zero-order chi connectivity index (χ0) is 18.6. The maximum Gasteiger partial charge on any atom is 2.00 e. The molecular formula is C18H36N2O2S2Zn. The molecule has 0 radical (unpaired) electrons. The number of amides is 2. The molecule has 0 unspecified atom stereocenters. The molecule has 0 aliphatic heterocycles. The molecule has 4 nitrogen and oxygen atoms in total. The predicted octanol–water partition coefficient (Wildman–Crippen LogP) is 5.29. The van der Waals surface area contributed by atoms with Gasteiger partial charge in [0.15, 0.2) is 0 Å². The van der Waals surface area contributed by atoms with E-state index in [1.807, 2.05) is 4.90 Å². The first-order valence-corrected chi connectivity index (χ1v) is 10.2. The summed E-state index contributed by atoms with van der Waals surface area (Å²) >= 11 is 8.59. The Kier molecular flexibility index (Phi) is 28.6. The van der Waals surface area contributed by atoms with Crippen molar-refractivity contribution in [3.8, 4) is 0 Å². The Morgan fingerprint density at radius 1 is 0.720 bits per heavy atom. The summed E-state index contributed by atoms with van der Waals surface area (Å²) in [5.41, 5.74) is 4.29. The number of nitrogens with zero attached hydrogens (tertiary/aromatic N) is 1. The van der Waals surface area contributed by atoms with Gasteiger partial charge in [0.05, 0.1) is 5.24 Å². The van der Waals surface area contributed by atoms with Gasteiger partial charge >= 0.3 is 19.5 Å². The van der Waals surface area contributed by atoms with Gasteiger partial charge in [0.1, 0.15) is 5.24 Å². The quantitative estimate of drug-likeness (QED) is 0.226. The van der Waals surface area contributed by atoms with Crippen LogP contribution in [0.5, 0.6) is 0 Å². The van der Waals surface area contributed by atoms with Crippen molar-refractivity contribution in [2.24, 2.45) is 5.73 Å². The maximum atomic E-state index is 11.4. The van der Waals surface area contributed by atoms with E-state index in [4.69, 9.17) is 17.4 Å². The van der Waals surface area contributed by atoms with Gasteiger partial charge in [-0.2, -0.15) is 0 Å². The van der Waals surface area contributed by atoms with Crippen LogP contribution in [-0.4, -0.2) is 28.5 Å². The van der Waals surface area contributed by atoms with E-state index in [9.17, 15) is 4.79 Å². The molecule has 0 fully saturated rings. The number of nitrogens with two attached hydrogens (primary N) is 1. The molecule has 0 bridgehead atoms. The van der Waals surface area contributed by atoms with Crippen molar-refractivity contribution in [2.75, 3.05) is 13.1 Å². The normalized spacial score (nSPS) is 9.52. The van der Waals surface area contributed by atoms with Crippen molar-refractivity contribution in [2.45, 2.75) is 90.9 Å². The third-order valence-electron chi connectivity index (χ3n) is 3.82. The van der Waals surface area contributed by atoms with E-state index in [1.165, 1.54) is 64.2 Å². The predicted molar refractivity (Wildman–Crippen MR) is 108 cm³/mol. The molecule has 0 aromatic carbocycles. The van der Waals surface area contributed by atoms with Gasteiger partial charge in [0.25, 0.3) is 0 Å². The third kappa shape index (κ3) is 29.0. The monoisotopic (exact) mass is 440 g/mol. The summed E-state index contributed by atoms with van der Waals surface area (Å²) in [6, 6.07) is 0. The van der Waals surface area contributed by atoms with Crippen LogP contribution >= 0.6 is 0 Å². The van der Waals surface area contributed by atoms with Crippen LogP contribution in [-0.2, 0) is 44.7 Å². The minimum atomic E-state index is -0.750. The second-order valence-electron chi connectivity index (χ2n) is 6.11. The van der Waals surface area contributed by atoms with Gasteiger partial charge in [0.2, 0.25) is 0 Å². The Morgan fingerprint density at radius 3 is 1.28 bits per heavy atom. The minimum absolute atomic E-state index is 0. The molecule has 0 rings (SSSR count). The smallest absolute Gasteiger partial charge is 0.719 e. The Morgan fingerprint density at radius 2 is 1.00 bits per heavy atom. The van der Waals surface area contributed by atoms with Crippen LogP contribution in [0.25, 0.3) is 0 Å². The number of hydrogen-bond donors (Lipinski definition) is 1. The summed E-state index contributed by atoms with van der Waals surface area (Å²) in [6.45, 7) is 6.20. The molecule has 0 heterocycles. The number of carbonyl (C=O) groups excluding carboxylic acids is 2. The second kappa shape index (κ2) is 24.0. The van der Waals surface area contributed by atoms with Crippen LogP contribution in [0.2, 0.25) is 0 Å². The zero-order valence-corrected chi connectivity index (χ0v) is 20.9. The number of hydrogen-bond acceptors (Lipinski definition) is 4. The van der Waals surface area contributed by atoms with Gasteiger partial charge in [-0.05, 0) is 12.8 Å². The topological polar surface area (TPSA) is 63.4 Å². The first-order valence-electron chi connectivity index (χ1n) is 9.38. The van der Waals surface area contributed by atoms with Crippen LogP contribution in [0.3, 0.4) is 0 Å². The number of carbonyl (C=O) groups is 2. The van der Waals surface area contributed by atoms with E-state index < -0.39 is 5.24 Å². The maximum absolute atomic E-state index is 11.4. The summed E-state index contributed by atoms with van der Waals surface area (Å²) in [4.78, 5) is 22.3. The number of unbranched alkanes of at least 4 members (excludes halogenated alkanes) is 10. The zero-order valence-electron chi connectivity index (χ0n) is 16.3. The molecule has 144 valence electrons. The second-order valence-corrected chi connectivity index (χ2v) is 6.86. The molecule has 2 amide bonds. The van der Waals surface area contributed by atoms with Crippen molar-refractivity contribution < 1.29 is 29.1 Å². The molecule has 0 saturated carbocycles. The van der Waals surface area contributed by atoms with E-state index in [-0.39, 0.29) is 24.7 Å². The number of rotatable bonds is 14. The van der Waals surface area contributed by atoms with Gasteiger partial charge in [-0.25, -0.2) is 0 Å². The van der Waals surface area contributed by atoms with E-state index in [0.717, 1.165) is 25.9 Å². The molecule has 0 aromatic rings. The average Bonchev–Trinajstić information content (AvgIpc) is 2.51. The van der Waals surface area contributed by atoms with E-state index in [0.29, 0.717) is 0 Å². The molecule has 0 spiro atoms. The Hall–Kier alpha value is 0.00338. The third-order valence-corrected chi connectivity index (χ3v) is 4.08. The van der Waals surface area contributed by atoms with E-state index in [2.05, 4.69) is 32.2 Å². The van der Waals surface area contributed by atoms with Gasteiger partial charge in [-0.1, -0.05) is 78.1 Å². The van der Waals surface area contributed by atoms with Crippen molar-refractivity contribution in [3.63, 3.8) is 0 Å². The van der Waals surface area contributed by atoms with Gasteiger partial charge in [-0.15, -0.1) is 0 Å². The summed E-state index contributed by atoms with van der Waals surface area (Å²) in [5, 5.41) is -0.910. The molecule has 0 aliphatic carbocycles. The van der Waals surface area contributed by atoms with Crippen LogP contribution in [0.15, 0.2) is 0 Å². The Bertz CT molecular complexity index is 289. The van der Waals surface area contributed by atoms with Crippen molar-refractivity contribution in [3.05, 3.63) is 0 Å². The van der Waals surface area contributed by atoms with Crippen LogP contribution in [0.4, 0.5) is 9.59 Å². The fourth-order valence-corrected chi connectivity index (χ4v) is 2.64. The molecule has 0 saturated heterocycles. The Labute approximate surface area is 179 Å². The SMILES string of the molecule is CCCCCCCCN(CCCCCCCC)C(=O)[S-].NC(=O)[S-].[Zn+2]. The molecule has 7 heteroatoms. The molecule has 0 aromatic heterocycles. The van der Waals surface area contributed by atoms with Crippen molar-refractivity contribution in [1.29, 1.82) is 0 Å². The molecular weight excluding hydrogens is 406 g/mol.